The molecule has 0 bridgehead atoms. The van der Waals surface area contributed by atoms with Crippen molar-refractivity contribution >= 4 is 23.4 Å². The molecule has 2 heterocycles. The van der Waals surface area contributed by atoms with Crippen LogP contribution in [0.5, 0.6) is 0 Å². The fourth-order valence-corrected chi connectivity index (χ4v) is 2.84. The molecule has 0 spiro atoms. The number of hydrogen-bond donors (Lipinski definition) is 1. The van der Waals surface area contributed by atoms with Crippen molar-refractivity contribution in [2.24, 2.45) is 0 Å². The van der Waals surface area contributed by atoms with Crippen LogP contribution in [0.1, 0.15) is 20.3 Å². The number of aromatic nitrogens is 1. The molecule has 1 unspecified atom stereocenters. The van der Waals surface area contributed by atoms with Gasteiger partial charge in [-0.2, -0.15) is 0 Å². The summed E-state index contributed by atoms with van der Waals surface area (Å²) in [6.07, 6.45) is 2.53. The molecule has 1 atom stereocenters. The number of nitrogens with zero attached hydrogens (tertiary/aromatic N) is 3. The highest BCUT2D eigenvalue weighted by Crippen LogP contribution is 2.15. The number of anilines is 1. The molecule has 1 N–H and O–H groups in total. The van der Waals surface area contributed by atoms with Crippen LogP contribution in [0.2, 0.25) is 5.02 Å². The molecule has 1 saturated heterocycles. The van der Waals surface area contributed by atoms with E-state index in [1.165, 1.54) is 6.20 Å². The summed E-state index contributed by atoms with van der Waals surface area (Å²) >= 11 is 5.80. The maximum Gasteiger partial charge on any atom is 0.323 e. The SMILES string of the molecule is CCOCCN1CCN(C(=O)Nc2ccc(Cl)cn2)CC1CC. The van der Waals surface area contributed by atoms with E-state index in [2.05, 4.69) is 22.1 Å². The second-order valence-electron chi connectivity index (χ2n) is 5.53. The fraction of sp³-hybridized carbons (Fsp3) is 0.625. The quantitative estimate of drug-likeness (QED) is 0.809. The number of halogens is 1. The number of hydrogen-bond acceptors (Lipinski definition) is 4. The van der Waals surface area contributed by atoms with Crippen molar-refractivity contribution in [1.29, 1.82) is 0 Å². The fourth-order valence-electron chi connectivity index (χ4n) is 2.72. The second kappa shape index (κ2) is 9.05. The minimum atomic E-state index is -0.109. The lowest BCUT2D eigenvalue weighted by atomic mass is 10.1. The molecule has 0 radical (unpaired) electrons. The van der Waals surface area contributed by atoms with E-state index in [9.17, 15) is 4.79 Å². The van der Waals surface area contributed by atoms with Crippen molar-refractivity contribution in [2.75, 3.05) is 44.7 Å². The summed E-state index contributed by atoms with van der Waals surface area (Å²) in [5.74, 6) is 0.520. The lowest BCUT2D eigenvalue weighted by Gasteiger charge is -2.41. The predicted octanol–water partition coefficient (Wildman–Crippen LogP) is 2.70. The Balaban J connectivity index is 1.86. The molecular formula is C16H25ClN4O2. The van der Waals surface area contributed by atoms with Crippen LogP contribution in [0.4, 0.5) is 10.6 Å². The van der Waals surface area contributed by atoms with Gasteiger partial charge >= 0.3 is 6.03 Å². The Kier molecular flexibility index (Phi) is 7.08. The normalized spacial score (nSPS) is 18.9. The van der Waals surface area contributed by atoms with Crippen molar-refractivity contribution in [3.63, 3.8) is 0 Å². The van der Waals surface area contributed by atoms with Crippen LogP contribution in [0, 0.1) is 0 Å². The minimum Gasteiger partial charge on any atom is -0.380 e. The van der Waals surface area contributed by atoms with E-state index in [0.29, 0.717) is 23.4 Å². The first-order valence-corrected chi connectivity index (χ1v) is 8.51. The van der Waals surface area contributed by atoms with Gasteiger partial charge in [0.1, 0.15) is 5.82 Å². The Morgan fingerprint density at radius 3 is 2.91 bits per heavy atom. The average Bonchev–Trinajstić information content (AvgIpc) is 2.57. The molecule has 1 aliphatic heterocycles. The molecule has 1 aromatic heterocycles. The van der Waals surface area contributed by atoms with Gasteiger partial charge in [0.05, 0.1) is 11.6 Å². The summed E-state index contributed by atoms with van der Waals surface area (Å²) in [5, 5.41) is 3.38. The molecule has 0 aliphatic carbocycles. The third-order valence-electron chi connectivity index (χ3n) is 4.05. The first-order valence-electron chi connectivity index (χ1n) is 8.13. The smallest absolute Gasteiger partial charge is 0.323 e. The molecule has 1 aliphatic rings. The molecule has 2 amide bonds. The van der Waals surface area contributed by atoms with Crippen molar-refractivity contribution in [2.45, 2.75) is 26.3 Å². The number of carbonyl (C=O) groups excluding carboxylic acids is 1. The zero-order chi connectivity index (χ0) is 16.7. The highest BCUT2D eigenvalue weighted by Gasteiger charge is 2.28. The van der Waals surface area contributed by atoms with Gasteiger partial charge in [-0.1, -0.05) is 18.5 Å². The van der Waals surface area contributed by atoms with Crippen molar-refractivity contribution in [3.05, 3.63) is 23.4 Å². The number of ether oxygens (including phenoxy) is 1. The maximum absolute atomic E-state index is 12.4. The van der Waals surface area contributed by atoms with E-state index in [0.717, 1.165) is 39.3 Å². The molecule has 1 aromatic rings. The van der Waals surface area contributed by atoms with Crippen LogP contribution >= 0.6 is 11.6 Å². The number of rotatable bonds is 6. The minimum absolute atomic E-state index is 0.109. The molecule has 0 saturated carbocycles. The van der Waals surface area contributed by atoms with E-state index < -0.39 is 0 Å². The average molecular weight is 341 g/mol. The Hall–Kier alpha value is -1.37. The van der Waals surface area contributed by atoms with Gasteiger partial charge < -0.3 is 9.64 Å². The molecule has 2 rings (SSSR count). The van der Waals surface area contributed by atoms with Gasteiger partial charge in [-0.25, -0.2) is 9.78 Å². The largest absolute Gasteiger partial charge is 0.380 e. The number of amides is 2. The van der Waals surface area contributed by atoms with E-state index in [-0.39, 0.29) is 6.03 Å². The molecule has 1 fully saturated rings. The zero-order valence-corrected chi connectivity index (χ0v) is 14.6. The van der Waals surface area contributed by atoms with E-state index in [1.807, 2.05) is 11.8 Å². The van der Waals surface area contributed by atoms with Crippen molar-refractivity contribution in [1.82, 2.24) is 14.8 Å². The Morgan fingerprint density at radius 2 is 2.26 bits per heavy atom. The van der Waals surface area contributed by atoms with E-state index in [4.69, 9.17) is 16.3 Å². The first kappa shape index (κ1) is 18.0. The monoisotopic (exact) mass is 340 g/mol. The maximum atomic E-state index is 12.4. The van der Waals surface area contributed by atoms with Gasteiger partial charge in [0.2, 0.25) is 0 Å². The Labute approximate surface area is 142 Å². The lowest BCUT2D eigenvalue weighted by molar-refractivity contribution is 0.0545. The van der Waals surface area contributed by atoms with Crippen LogP contribution in [0.3, 0.4) is 0 Å². The summed E-state index contributed by atoms with van der Waals surface area (Å²) in [5.41, 5.74) is 0. The number of piperazine rings is 1. The third-order valence-corrected chi connectivity index (χ3v) is 4.28. The van der Waals surface area contributed by atoms with Crippen LogP contribution in [0.25, 0.3) is 0 Å². The molecular weight excluding hydrogens is 316 g/mol. The van der Waals surface area contributed by atoms with Crippen molar-refractivity contribution in [3.8, 4) is 0 Å². The summed E-state index contributed by atoms with van der Waals surface area (Å²) < 4.78 is 5.44. The lowest BCUT2D eigenvalue weighted by Crippen LogP contribution is -2.56. The third kappa shape index (κ3) is 5.34. The molecule has 0 aromatic carbocycles. The summed E-state index contributed by atoms with van der Waals surface area (Å²) in [4.78, 5) is 20.7. The van der Waals surface area contributed by atoms with E-state index in [1.54, 1.807) is 12.1 Å². The molecule has 23 heavy (non-hydrogen) atoms. The topological polar surface area (TPSA) is 57.7 Å². The summed E-state index contributed by atoms with van der Waals surface area (Å²) in [6, 6.07) is 3.68. The van der Waals surface area contributed by atoms with Gasteiger partial charge in [-0.3, -0.25) is 10.2 Å². The van der Waals surface area contributed by atoms with Gasteiger partial charge in [-0.15, -0.1) is 0 Å². The van der Waals surface area contributed by atoms with E-state index >= 15 is 0 Å². The number of carbonyl (C=O) groups is 1. The van der Waals surface area contributed by atoms with Crippen LogP contribution in [-0.2, 0) is 4.74 Å². The van der Waals surface area contributed by atoms with Crippen LogP contribution < -0.4 is 5.32 Å². The highest BCUT2D eigenvalue weighted by atomic mass is 35.5. The Morgan fingerprint density at radius 1 is 1.43 bits per heavy atom. The van der Waals surface area contributed by atoms with Gasteiger partial charge in [-0.05, 0) is 25.5 Å². The standard InChI is InChI=1S/C16H25ClN4O2/c1-3-14-12-21(8-7-20(14)9-10-23-4-2)16(22)19-15-6-5-13(17)11-18-15/h5-6,11,14H,3-4,7-10,12H2,1-2H3,(H,18,19,22). The van der Waals surface area contributed by atoms with Crippen LogP contribution in [-0.4, -0.2) is 66.2 Å². The van der Waals surface area contributed by atoms with Gasteiger partial charge in [0, 0.05) is 45.0 Å². The Bertz CT molecular complexity index is 497. The second-order valence-corrected chi connectivity index (χ2v) is 5.97. The highest BCUT2D eigenvalue weighted by molar-refractivity contribution is 6.30. The number of urea groups is 1. The van der Waals surface area contributed by atoms with Crippen LogP contribution in [0.15, 0.2) is 18.3 Å². The first-order chi connectivity index (χ1) is 11.1. The number of pyridine rings is 1. The van der Waals surface area contributed by atoms with Crippen molar-refractivity contribution < 1.29 is 9.53 Å². The summed E-state index contributed by atoms with van der Waals surface area (Å²) in [6.45, 7) is 8.86. The molecule has 6 nitrogen and oxygen atoms in total. The van der Waals surface area contributed by atoms with Gasteiger partial charge in [0.15, 0.2) is 0 Å². The summed E-state index contributed by atoms with van der Waals surface area (Å²) in [7, 11) is 0. The molecule has 7 heteroatoms. The molecule has 128 valence electrons. The van der Waals surface area contributed by atoms with Gasteiger partial charge in [0.25, 0.3) is 0 Å². The predicted molar refractivity (Wildman–Crippen MR) is 92.0 cm³/mol. The zero-order valence-electron chi connectivity index (χ0n) is 13.8. The number of nitrogens with one attached hydrogen (secondary N) is 1.